The molecule has 26 heavy (non-hydrogen) atoms. The Morgan fingerprint density at radius 3 is 2.46 bits per heavy atom. The molecule has 6 heteroatoms. The van der Waals surface area contributed by atoms with Gasteiger partial charge in [0, 0.05) is 18.7 Å². The number of aromatic hydroxyl groups is 1. The van der Waals surface area contributed by atoms with Crippen molar-refractivity contribution in [2.75, 3.05) is 19.6 Å². The standard InChI is InChI=1S/C20H21FN2O3/c21-20-6-5-17(9-22-20)26-18-7-14-10-23(11-15(14)8-18)12-19(25)13-1-3-16(24)4-2-13/h1-6,9,14-15,18,24H,7-8,10-12H2. The molecule has 0 radical (unpaired) electrons. The van der Waals surface area contributed by atoms with Crippen LogP contribution in [0, 0.1) is 17.8 Å². The lowest BCUT2D eigenvalue weighted by Gasteiger charge is -2.19. The van der Waals surface area contributed by atoms with Crippen LogP contribution in [0.15, 0.2) is 42.6 Å². The van der Waals surface area contributed by atoms with Crippen molar-refractivity contribution in [3.63, 3.8) is 0 Å². The first kappa shape index (κ1) is 17.0. The number of pyridine rings is 1. The van der Waals surface area contributed by atoms with Gasteiger partial charge in [0.15, 0.2) is 5.78 Å². The second-order valence-corrected chi connectivity index (χ2v) is 7.21. The summed E-state index contributed by atoms with van der Waals surface area (Å²) < 4.78 is 18.8. The van der Waals surface area contributed by atoms with Gasteiger partial charge in [0.1, 0.15) is 11.5 Å². The first-order valence-corrected chi connectivity index (χ1v) is 8.89. The number of hydrogen-bond acceptors (Lipinski definition) is 5. The van der Waals surface area contributed by atoms with Gasteiger partial charge >= 0.3 is 0 Å². The van der Waals surface area contributed by atoms with Crippen LogP contribution < -0.4 is 4.74 Å². The molecule has 1 N–H and O–H groups in total. The number of rotatable bonds is 5. The summed E-state index contributed by atoms with van der Waals surface area (Å²) in [4.78, 5) is 18.2. The fraction of sp³-hybridized carbons (Fsp3) is 0.400. The number of nitrogens with zero attached hydrogens (tertiary/aromatic N) is 2. The molecule has 2 aliphatic rings. The van der Waals surface area contributed by atoms with Gasteiger partial charge in [-0.3, -0.25) is 9.69 Å². The van der Waals surface area contributed by atoms with E-state index >= 15 is 0 Å². The predicted octanol–water partition coefficient (Wildman–Crippen LogP) is 2.90. The van der Waals surface area contributed by atoms with Crippen molar-refractivity contribution < 1.29 is 19.0 Å². The van der Waals surface area contributed by atoms with Crippen LogP contribution in [-0.4, -0.2) is 46.5 Å². The Morgan fingerprint density at radius 2 is 1.85 bits per heavy atom. The van der Waals surface area contributed by atoms with Crippen molar-refractivity contribution >= 4 is 5.78 Å². The maximum absolute atomic E-state index is 12.9. The zero-order valence-electron chi connectivity index (χ0n) is 14.3. The average molecular weight is 356 g/mol. The Morgan fingerprint density at radius 1 is 1.15 bits per heavy atom. The highest BCUT2D eigenvalue weighted by Gasteiger charge is 2.42. The second kappa shape index (κ2) is 7.03. The summed E-state index contributed by atoms with van der Waals surface area (Å²) in [7, 11) is 0. The minimum Gasteiger partial charge on any atom is -0.508 e. The molecule has 2 heterocycles. The molecule has 1 aromatic heterocycles. The van der Waals surface area contributed by atoms with Gasteiger partial charge < -0.3 is 9.84 Å². The van der Waals surface area contributed by atoms with Crippen molar-refractivity contribution in [1.29, 1.82) is 0 Å². The zero-order valence-corrected chi connectivity index (χ0v) is 14.3. The van der Waals surface area contributed by atoms with Crippen molar-refractivity contribution in [3.8, 4) is 11.5 Å². The van der Waals surface area contributed by atoms with Gasteiger partial charge in [0.25, 0.3) is 0 Å². The number of aromatic nitrogens is 1. The number of carbonyl (C=O) groups is 1. The van der Waals surface area contributed by atoms with Gasteiger partial charge in [-0.05, 0) is 61.1 Å². The summed E-state index contributed by atoms with van der Waals surface area (Å²) in [5.41, 5.74) is 0.630. The molecule has 2 fully saturated rings. The third-order valence-electron chi connectivity index (χ3n) is 5.34. The molecular weight excluding hydrogens is 335 g/mol. The quantitative estimate of drug-likeness (QED) is 0.659. The number of phenolic OH excluding ortho intramolecular Hbond substituents is 1. The maximum Gasteiger partial charge on any atom is 0.213 e. The Bertz CT molecular complexity index is 765. The summed E-state index contributed by atoms with van der Waals surface area (Å²) in [6.45, 7) is 2.21. The van der Waals surface area contributed by atoms with E-state index < -0.39 is 5.95 Å². The first-order chi connectivity index (χ1) is 12.6. The molecule has 1 aliphatic heterocycles. The van der Waals surface area contributed by atoms with E-state index in [9.17, 15) is 14.3 Å². The molecule has 5 nitrogen and oxygen atoms in total. The maximum atomic E-state index is 12.9. The summed E-state index contributed by atoms with van der Waals surface area (Å²) in [5, 5.41) is 9.32. The van der Waals surface area contributed by atoms with Crippen LogP contribution in [0.2, 0.25) is 0 Å². The number of likely N-dealkylation sites (tertiary alicyclic amines) is 1. The molecule has 0 amide bonds. The van der Waals surface area contributed by atoms with E-state index in [1.165, 1.54) is 24.4 Å². The fourth-order valence-electron chi connectivity index (χ4n) is 4.13. The molecule has 1 saturated heterocycles. The molecule has 4 rings (SSSR count). The lowest BCUT2D eigenvalue weighted by atomic mass is 10.0. The predicted molar refractivity (Wildman–Crippen MR) is 93.7 cm³/mol. The topological polar surface area (TPSA) is 62.7 Å². The van der Waals surface area contributed by atoms with E-state index in [1.807, 2.05) is 0 Å². The number of carbonyl (C=O) groups excluding carboxylic acids is 1. The first-order valence-electron chi connectivity index (χ1n) is 8.89. The Hall–Kier alpha value is -2.47. The van der Waals surface area contributed by atoms with Crippen molar-refractivity contribution in [1.82, 2.24) is 9.88 Å². The smallest absolute Gasteiger partial charge is 0.213 e. The van der Waals surface area contributed by atoms with Gasteiger partial charge in [0.2, 0.25) is 5.95 Å². The van der Waals surface area contributed by atoms with Crippen molar-refractivity contribution in [2.24, 2.45) is 11.8 Å². The normalized spacial score (nSPS) is 25.2. The number of ether oxygens (including phenoxy) is 1. The third kappa shape index (κ3) is 3.70. The lowest BCUT2D eigenvalue weighted by molar-refractivity contribution is 0.0936. The van der Waals surface area contributed by atoms with Crippen LogP contribution in [0.4, 0.5) is 4.39 Å². The van der Waals surface area contributed by atoms with Crippen molar-refractivity contribution in [3.05, 3.63) is 54.1 Å². The summed E-state index contributed by atoms with van der Waals surface area (Å²) in [6, 6.07) is 9.32. The number of phenols is 1. The third-order valence-corrected chi connectivity index (χ3v) is 5.34. The highest BCUT2D eigenvalue weighted by molar-refractivity contribution is 5.97. The monoisotopic (exact) mass is 356 g/mol. The molecule has 2 unspecified atom stereocenters. The van der Waals surface area contributed by atoms with E-state index in [1.54, 1.807) is 18.2 Å². The van der Waals surface area contributed by atoms with Gasteiger partial charge in [-0.25, -0.2) is 4.98 Å². The molecular formula is C20H21FN2O3. The number of halogens is 1. The van der Waals surface area contributed by atoms with E-state index in [-0.39, 0.29) is 17.6 Å². The molecule has 1 aliphatic carbocycles. The number of fused-ring (bicyclic) bond motifs is 1. The van der Waals surface area contributed by atoms with Crippen molar-refractivity contribution in [2.45, 2.75) is 18.9 Å². The lowest BCUT2D eigenvalue weighted by Crippen LogP contribution is -2.30. The molecule has 0 spiro atoms. The number of hydrogen-bond donors (Lipinski definition) is 1. The zero-order chi connectivity index (χ0) is 18.1. The summed E-state index contributed by atoms with van der Waals surface area (Å²) in [5.74, 6) is 1.40. The molecule has 2 aromatic rings. The van der Waals surface area contributed by atoms with Gasteiger partial charge in [-0.15, -0.1) is 0 Å². The number of benzene rings is 1. The van der Waals surface area contributed by atoms with Crippen LogP contribution in [-0.2, 0) is 0 Å². The molecule has 2 atom stereocenters. The highest BCUT2D eigenvalue weighted by atomic mass is 19.1. The van der Waals surface area contributed by atoms with Crippen LogP contribution in [0.5, 0.6) is 11.5 Å². The van der Waals surface area contributed by atoms with Crippen LogP contribution in [0.25, 0.3) is 0 Å². The van der Waals surface area contributed by atoms with Gasteiger partial charge in [-0.1, -0.05) is 0 Å². The number of ketones is 1. The molecule has 1 aromatic carbocycles. The number of Topliss-reactive ketones (excluding diaryl/α,β-unsaturated/α-hetero) is 1. The summed E-state index contributed by atoms with van der Waals surface area (Å²) in [6.07, 6.45) is 3.46. The SMILES string of the molecule is O=C(CN1CC2CC(Oc3ccc(F)nc3)CC2C1)c1ccc(O)cc1. The van der Waals surface area contributed by atoms with Crippen LogP contribution in [0.1, 0.15) is 23.2 Å². The largest absolute Gasteiger partial charge is 0.508 e. The molecule has 0 bridgehead atoms. The highest BCUT2D eigenvalue weighted by Crippen LogP contribution is 2.39. The molecule has 1 saturated carbocycles. The van der Waals surface area contributed by atoms with E-state index in [0.717, 1.165) is 25.9 Å². The van der Waals surface area contributed by atoms with Gasteiger partial charge in [0.05, 0.1) is 18.8 Å². The fourth-order valence-corrected chi connectivity index (χ4v) is 4.13. The molecule has 136 valence electrons. The average Bonchev–Trinajstić information content (AvgIpc) is 3.15. The van der Waals surface area contributed by atoms with Crippen LogP contribution in [0.3, 0.4) is 0 Å². The van der Waals surface area contributed by atoms with E-state index in [0.29, 0.717) is 29.7 Å². The minimum atomic E-state index is -0.505. The second-order valence-electron chi connectivity index (χ2n) is 7.21. The van der Waals surface area contributed by atoms with E-state index in [4.69, 9.17) is 4.74 Å². The Balaban J connectivity index is 1.28. The Kier molecular flexibility index (Phi) is 4.59. The summed E-state index contributed by atoms with van der Waals surface area (Å²) >= 11 is 0. The van der Waals surface area contributed by atoms with Gasteiger partial charge in [-0.2, -0.15) is 4.39 Å². The minimum absolute atomic E-state index is 0.0789. The van der Waals surface area contributed by atoms with E-state index in [2.05, 4.69) is 9.88 Å². The Labute approximate surface area is 151 Å². The van der Waals surface area contributed by atoms with Crippen LogP contribution >= 0.6 is 0 Å².